The molecule has 0 amide bonds. The predicted molar refractivity (Wildman–Crippen MR) is 76.8 cm³/mol. The molecule has 22 heavy (non-hydrogen) atoms. The molecule has 0 aliphatic heterocycles. The Hall–Kier alpha value is -2.16. The van der Waals surface area contributed by atoms with Gasteiger partial charge in [0.15, 0.2) is 5.82 Å². The van der Waals surface area contributed by atoms with Crippen LogP contribution in [-0.2, 0) is 0 Å². The van der Waals surface area contributed by atoms with Crippen LogP contribution in [0, 0.1) is 0 Å². The van der Waals surface area contributed by atoms with E-state index in [0.717, 1.165) is 11.8 Å². The highest BCUT2D eigenvalue weighted by Crippen LogP contribution is 2.32. The number of rotatable bonds is 4. The summed E-state index contributed by atoms with van der Waals surface area (Å²) in [7, 11) is 0. The number of halogens is 2. The zero-order chi connectivity index (χ0) is 15.7. The molecular formula is C13H12F2N6S. The number of fused-ring (bicyclic) bond motifs is 1. The van der Waals surface area contributed by atoms with E-state index in [0.29, 0.717) is 21.1 Å². The van der Waals surface area contributed by atoms with Gasteiger partial charge in [-0.3, -0.25) is 0 Å². The first-order valence-electron chi connectivity index (χ1n) is 6.57. The van der Waals surface area contributed by atoms with Crippen molar-refractivity contribution >= 4 is 22.7 Å². The van der Waals surface area contributed by atoms with E-state index in [2.05, 4.69) is 25.5 Å². The minimum absolute atomic E-state index is 0.0557. The molecule has 0 N–H and O–H groups in total. The van der Waals surface area contributed by atoms with E-state index in [-0.39, 0.29) is 6.04 Å². The van der Waals surface area contributed by atoms with Gasteiger partial charge < -0.3 is 0 Å². The van der Waals surface area contributed by atoms with Crippen molar-refractivity contribution in [2.45, 2.75) is 36.5 Å². The van der Waals surface area contributed by atoms with Crippen LogP contribution in [0.5, 0.6) is 0 Å². The van der Waals surface area contributed by atoms with Gasteiger partial charge in [0.1, 0.15) is 5.03 Å². The second kappa shape index (κ2) is 5.91. The summed E-state index contributed by atoms with van der Waals surface area (Å²) in [5.74, 6) is -0.496. The minimum Gasteiger partial charge on any atom is -0.227 e. The smallest absolute Gasteiger partial charge is 0.227 e. The van der Waals surface area contributed by atoms with Gasteiger partial charge in [0.25, 0.3) is 6.43 Å². The molecule has 0 spiro atoms. The van der Waals surface area contributed by atoms with Gasteiger partial charge in [-0.1, -0.05) is 18.2 Å². The third-order valence-electron chi connectivity index (χ3n) is 2.92. The number of nitrogens with zero attached hydrogens (tertiary/aromatic N) is 6. The SMILES string of the molecule is CC(C)n1nnnc1Sc1nc(C(F)F)nc2ccccc12. The first kappa shape index (κ1) is 14.8. The fraction of sp³-hybridized carbons (Fsp3) is 0.308. The number of aromatic nitrogens is 6. The lowest BCUT2D eigenvalue weighted by Gasteiger charge is -2.09. The van der Waals surface area contributed by atoms with Gasteiger partial charge in [0.05, 0.1) is 11.6 Å². The molecule has 9 heteroatoms. The Morgan fingerprint density at radius 2 is 1.91 bits per heavy atom. The van der Waals surface area contributed by atoms with Gasteiger partial charge in [-0.05, 0) is 42.1 Å². The van der Waals surface area contributed by atoms with Gasteiger partial charge in [0.2, 0.25) is 5.16 Å². The molecule has 0 unspecified atom stereocenters. The fourth-order valence-electron chi connectivity index (χ4n) is 1.90. The molecule has 0 aliphatic rings. The Bertz CT molecular complexity index is 804. The van der Waals surface area contributed by atoms with Crippen LogP contribution in [0.15, 0.2) is 34.4 Å². The lowest BCUT2D eigenvalue weighted by atomic mass is 10.2. The maximum absolute atomic E-state index is 13.0. The summed E-state index contributed by atoms with van der Waals surface area (Å²) in [5.41, 5.74) is 0.471. The number of hydrogen-bond donors (Lipinski definition) is 0. The van der Waals surface area contributed by atoms with Gasteiger partial charge in [0, 0.05) is 5.39 Å². The topological polar surface area (TPSA) is 69.4 Å². The number of alkyl halides is 2. The molecule has 1 aromatic carbocycles. The molecule has 114 valence electrons. The Balaban J connectivity index is 2.11. The summed E-state index contributed by atoms with van der Waals surface area (Å²) < 4.78 is 27.6. The molecule has 0 radical (unpaired) electrons. The summed E-state index contributed by atoms with van der Waals surface area (Å²) >= 11 is 1.15. The molecule has 3 aromatic rings. The number of hydrogen-bond acceptors (Lipinski definition) is 6. The zero-order valence-corrected chi connectivity index (χ0v) is 12.6. The first-order chi connectivity index (χ1) is 10.6. The van der Waals surface area contributed by atoms with E-state index >= 15 is 0 Å². The van der Waals surface area contributed by atoms with Crippen molar-refractivity contribution in [3.05, 3.63) is 30.1 Å². The van der Waals surface area contributed by atoms with Crippen molar-refractivity contribution in [2.75, 3.05) is 0 Å². The minimum atomic E-state index is -2.73. The van der Waals surface area contributed by atoms with E-state index in [1.807, 2.05) is 19.9 Å². The van der Waals surface area contributed by atoms with Gasteiger partial charge in [-0.15, -0.1) is 5.10 Å². The van der Waals surface area contributed by atoms with E-state index in [1.54, 1.807) is 22.9 Å². The third kappa shape index (κ3) is 2.76. The highest BCUT2D eigenvalue weighted by Gasteiger charge is 2.18. The van der Waals surface area contributed by atoms with Gasteiger partial charge in [-0.2, -0.15) is 0 Å². The molecule has 6 nitrogen and oxygen atoms in total. The predicted octanol–water partition coefficient (Wildman–Crippen LogP) is 3.29. The van der Waals surface area contributed by atoms with Crippen LogP contribution in [-0.4, -0.2) is 30.2 Å². The third-order valence-corrected chi connectivity index (χ3v) is 3.88. The second-order valence-electron chi connectivity index (χ2n) is 4.81. The summed E-state index contributed by atoms with van der Waals surface area (Å²) in [6, 6.07) is 7.08. The Morgan fingerprint density at radius 3 is 2.64 bits per heavy atom. The van der Waals surface area contributed by atoms with Crippen LogP contribution < -0.4 is 0 Å². The van der Waals surface area contributed by atoms with Crippen LogP contribution in [0.1, 0.15) is 32.1 Å². The molecule has 3 rings (SSSR count). The van der Waals surface area contributed by atoms with Crippen molar-refractivity contribution < 1.29 is 8.78 Å². The second-order valence-corrected chi connectivity index (χ2v) is 5.76. The van der Waals surface area contributed by atoms with Crippen molar-refractivity contribution in [3.63, 3.8) is 0 Å². The van der Waals surface area contributed by atoms with Crippen LogP contribution in [0.2, 0.25) is 0 Å². The molecular weight excluding hydrogens is 310 g/mol. The lowest BCUT2D eigenvalue weighted by molar-refractivity contribution is 0.140. The maximum atomic E-state index is 13.0. The Morgan fingerprint density at radius 1 is 1.14 bits per heavy atom. The van der Waals surface area contributed by atoms with E-state index in [9.17, 15) is 8.78 Å². The van der Waals surface area contributed by atoms with Gasteiger partial charge >= 0.3 is 0 Å². The molecule has 0 saturated carbocycles. The number of benzene rings is 1. The standard InChI is InChI=1S/C13H12F2N6S/c1-7(2)21-13(18-19-20-21)22-12-8-5-3-4-6-9(8)16-11(17-12)10(14)15/h3-7,10H,1-2H3. The van der Waals surface area contributed by atoms with Crippen LogP contribution >= 0.6 is 11.8 Å². The molecule has 2 aromatic heterocycles. The summed E-state index contributed by atoms with van der Waals surface area (Å²) in [6.45, 7) is 3.87. The summed E-state index contributed by atoms with van der Waals surface area (Å²) in [5, 5.41) is 13.1. The van der Waals surface area contributed by atoms with Gasteiger partial charge in [-0.25, -0.2) is 23.4 Å². The normalized spacial score (nSPS) is 11.7. The highest BCUT2D eigenvalue weighted by atomic mass is 32.2. The first-order valence-corrected chi connectivity index (χ1v) is 7.38. The van der Waals surface area contributed by atoms with Crippen molar-refractivity contribution in [2.24, 2.45) is 0 Å². The molecule has 0 saturated heterocycles. The van der Waals surface area contributed by atoms with E-state index in [4.69, 9.17) is 0 Å². The molecule has 0 fully saturated rings. The summed E-state index contributed by atoms with van der Waals surface area (Å²) in [6.07, 6.45) is -2.73. The quantitative estimate of drug-likeness (QED) is 0.687. The lowest BCUT2D eigenvalue weighted by Crippen LogP contribution is -2.05. The number of tetrazole rings is 1. The van der Waals surface area contributed by atoms with E-state index in [1.165, 1.54) is 0 Å². The average Bonchev–Trinajstić information content (AvgIpc) is 2.95. The van der Waals surface area contributed by atoms with E-state index < -0.39 is 12.2 Å². The Labute approximate surface area is 129 Å². The molecule has 0 atom stereocenters. The maximum Gasteiger partial charge on any atom is 0.297 e. The largest absolute Gasteiger partial charge is 0.297 e. The average molecular weight is 322 g/mol. The highest BCUT2D eigenvalue weighted by molar-refractivity contribution is 7.99. The van der Waals surface area contributed by atoms with Crippen molar-refractivity contribution in [1.29, 1.82) is 0 Å². The molecule has 0 bridgehead atoms. The van der Waals surface area contributed by atoms with Crippen molar-refractivity contribution in [3.8, 4) is 0 Å². The molecule has 0 aliphatic carbocycles. The Kier molecular flexibility index (Phi) is 3.97. The fourth-order valence-corrected chi connectivity index (χ4v) is 2.92. The van der Waals surface area contributed by atoms with Crippen LogP contribution in [0.25, 0.3) is 10.9 Å². The number of para-hydroxylation sites is 1. The van der Waals surface area contributed by atoms with Crippen molar-refractivity contribution in [1.82, 2.24) is 30.2 Å². The monoisotopic (exact) mass is 322 g/mol. The summed E-state index contributed by atoms with van der Waals surface area (Å²) in [4.78, 5) is 7.86. The van der Waals surface area contributed by atoms with Crippen LogP contribution in [0.4, 0.5) is 8.78 Å². The van der Waals surface area contributed by atoms with Crippen LogP contribution in [0.3, 0.4) is 0 Å². The molecule has 2 heterocycles. The zero-order valence-electron chi connectivity index (χ0n) is 11.8.